The molecule has 2 rings (SSSR count). The van der Waals surface area contributed by atoms with E-state index >= 15 is 0 Å². The zero-order chi connectivity index (χ0) is 10.8. The van der Waals surface area contributed by atoms with Crippen molar-refractivity contribution in [1.82, 2.24) is 14.9 Å². The van der Waals surface area contributed by atoms with Gasteiger partial charge < -0.3 is 10.3 Å². The van der Waals surface area contributed by atoms with E-state index in [9.17, 15) is 4.79 Å². The van der Waals surface area contributed by atoms with Gasteiger partial charge in [-0.2, -0.15) is 0 Å². The predicted octanol–water partition coefficient (Wildman–Crippen LogP) is 1.20. The molecule has 0 unspecified atom stereocenters. The Labute approximate surface area is 91.9 Å². The van der Waals surface area contributed by atoms with Crippen LogP contribution in [-0.4, -0.2) is 23.1 Å². The van der Waals surface area contributed by atoms with Gasteiger partial charge in [0.05, 0.1) is 16.1 Å². The van der Waals surface area contributed by atoms with Gasteiger partial charge in [-0.05, 0) is 19.2 Å². The van der Waals surface area contributed by atoms with Gasteiger partial charge in [-0.1, -0.05) is 17.7 Å². The number of likely N-dealkylation sites (N-methyl/N-ethyl adjacent to an activating group) is 1. The number of rotatable bonds is 3. The van der Waals surface area contributed by atoms with Crippen LogP contribution in [0.2, 0.25) is 5.02 Å². The van der Waals surface area contributed by atoms with Gasteiger partial charge in [-0.3, -0.25) is 4.57 Å². The standard InChI is InChI=1S/C10H12ClN3O/c1-12-5-6-14-8-4-2-3-7(11)9(8)13-10(14)15/h2-4,12H,5-6H2,1H3,(H,13,15). The number of nitrogens with one attached hydrogen (secondary N) is 2. The van der Waals surface area contributed by atoms with Crippen molar-refractivity contribution >= 4 is 22.6 Å². The highest BCUT2D eigenvalue weighted by Crippen LogP contribution is 2.19. The predicted molar refractivity (Wildman–Crippen MR) is 61.5 cm³/mol. The number of hydrogen-bond acceptors (Lipinski definition) is 2. The van der Waals surface area contributed by atoms with Crippen molar-refractivity contribution in [1.29, 1.82) is 0 Å². The van der Waals surface area contributed by atoms with Crippen LogP contribution >= 0.6 is 11.6 Å². The SMILES string of the molecule is CNCCn1c(=O)[nH]c2c(Cl)cccc21. The second-order valence-electron chi connectivity index (χ2n) is 3.32. The second-order valence-corrected chi connectivity index (χ2v) is 3.73. The smallest absolute Gasteiger partial charge is 0.318 e. The lowest BCUT2D eigenvalue weighted by atomic mass is 10.3. The molecule has 0 radical (unpaired) electrons. The summed E-state index contributed by atoms with van der Waals surface area (Å²) in [5, 5.41) is 3.58. The van der Waals surface area contributed by atoms with Crippen LogP contribution in [0.5, 0.6) is 0 Å². The molecule has 0 aliphatic rings. The summed E-state index contributed by atoms with van der Waals surface area (Å²) in [4.78, 5) is 14.4. The van der Waals surface area contributed by atoms with Crippen LogP contribution in [0.4, 0.5) is 0 Å². The summed E-state index contributed by atoms with van der Waals surface area (Å²) < 4.78 is 1.68. The largest absolute Gasteiger partial charge is 0.326 e. The Hall–Kier alpha value is -1.26. The maximum absolute atomic E-state index is 11.6. The molecule has 0 amide bonds. The molecule has 0 atom stereocenters. The minimum atomic E-state index is -0.117. The Bertz CT molecular complexity index is 529. The first-order valence-corrected chi connectivity index (χ1v) is 5.13. The molecule has 80 valence electrons. The minimum Gasteiger partial charge on any atom is -0.318 e. The van der Waals surface area contributed by atoms with E-state index in [2.05, 4.69) is 10.3 Å². The Balaban J connectivity index is 2.58. The number of fused-ring (bicyclic) bond motifs is 1. The van der Waals surface area contributed by atoms with Crippen LogP contribution in [0.3, 0.4) is 0 Å². The zero-order valence-electron chi connectivity index (χ0n) is 8.38. The van der Waals surface area contributed by atoms with E-state index in [1.54, 1.807) is 10.6 Å². The summed E-state index contributed by atoms with van der Waals surface area (Å²) in [5.74, 6) is 0. The molecule has 1 aromatic carbocycles. The molecule has 1 heterocycles. The number of H-pyrrole nitrogens is 1. The highest BCUT2D eigenvalue weighted by Gasteiger charge is 2.07. The van der Waals surface area contributed by atoms with Crippen LogP contribution < -0.4 is 11.0 Å². The highest BCUT2D eigenvalue weighted by atomic mass is 35.5. The Kier molecular flexibility index (Phi) is 2.79. The monoisotopic (exact) mass is 225 g/mol. The average Bonchev–Trinajstić information content (AvgIpc) is 2.54. The van der Waals surface area contributed by atoms with Crippen LogP contribution in [0.15, 0.2) is 23.0 Å². The average molecular weight is 226 g/mol. The molecule has 0 aliphatic heterocycles. The van der Waals surface area contributed by atoms with Gasteiger partial charge in [0.1, 0.15) is 0 Å². The van der Waals surface area contributed by atoms with Gasteiger partial charge in [0, 0.05) is 13.1 Å². The van der Waals surface area contributed by atoms with E-state index in [0.717, 1.165) is 12.1 Å². The maximum atomic E-state index is 11.6. The first-order valence-electron chi connectivity index (χ1n) is 4.75. The van der Waals surface area contributed by atoms with Crippen molar-refractivity contribution < 1.29 is 0 Å². The number of para-hydroxylation sites is 1. The maximum Gasteiger partial charge on any atom is 0.326 e. The van der Waals surface area contributed by atoms with Crippen molar-refractivity contribution in [3.05, 3.63) is 33.7 Å². The molecule has 4 nitrogen and oxygen atoms in total. The Morgan fingerprint density at radius 3 is 3.07 bits per heavy atom. The van der Waals surface area contributed by atoms with Crippen molar-refractivity contribution in [2.24, 2.45) is 0 Å². The van der Waals surface area contributed by atoms with Gasteiger partial charge in [0.2, 0.25) is 0 Å². The van der Waals surface area contributed by atoms with E-state index in [4.69, 9.17) is 11.6 Å². The van der Waals surface area contributed by atoms with Crippen LogP contribution in [0.25, 0.3) is 11.0 Å². The fraction of sp³-hybridized carbons (Fsp3) is 0.300. The van der Waals surface area contributed by atoms with Gasteiger partial charge in [0.15, 0.2) is 0 Å². The molecule has 15 heavy (non-hydrogen) atoms. The first kappa shape index (κ1) is 10.3. The van der Waals surface area contributed by atoms with E-state index in [0.29, 0.717) is 17.1 Å². The molecule has 0 saturated heterocycles. The lowest BCUT2D eigenvalue weighted by Gasteiger charge is -2.02. The quantitative estimate of drug-likeness (QED) is 0.825. The topological polar surface area (TPSA) is 49.8 Å². The lowest BCUT2D eigenvalue weighted by molar-refractivity contribution is 0.642. The highest BCUT2D eigenvalue weighted by molar-refractivity contribution is 6.34. The number of aromatic amines is 1. The number of benzene rings is 1. The third kappa shape index (κ3) is 1.78. The number of nitrogens with zero attached hydrogens (tertiary/aromatic N) is 1. The molecular formula is C10H12ClN3O. The fourth-order valence-electron chi connectivity index (χ4n) is 1.59. The summed E-state index contributed by atoms with van der Waals surface area (Å²) in [5.41, 5.74) is 1.44. The summed E-state index contributed by atoms with van der Waals surface area (Å²) in [6.07, 6.45) is 0. The molecule has 2 N–H and O–H groups in total. The van der Waals surface area contributed by atoms with Crippen LogP contribution in [0, 0.1) is 0 Å². The van der Waals surface area contributed by atoms with Crippen molar-refractivity contribution in [2.45, 2.75) is 6.54 Å². The molecule has 0 spiro atoms. The molecule has 0 saturated carbocycles. The zero-order valence-corrected chi connectivity index (χ0v) is 9.14. The summed E-state index contributed by atoms with van der Waals surface area (Å²) in [6, 6.07) is 5.49. The molecule has 0 aliphatic carbocycles. The molecule has 5 heteroatoms. The van der Waals surface area contributed by atoms with Crippen molar-refractivity contribution in [3.8, 4) is 0 Å². The van der Waals surface area contributed by atoms with E-state index in [1.807, 2.05) is 19.2 Å². The Morgan fingerprint density at radius 2 is 2.33 bits per heavy atom. The second kappa shape index (κ2) is 4.08. The van der Waals surface area contributed by atoms with Gasteiger partial charge in [0.25, 0.3) is 0 Å². The van der Waals surface area contributed by atoms with Gasteiger partial charge in [-0.15, -0.1) is 0 Å². The van der Waals surface area contributed by atoms with E-state index in [-0.39, 0.29) is 5.69 Å². The van der Waals surface area contributed by atoms with Gasteiger partial charge in [-0.25, -0.2) is 4.79 Å². The summed E-state index contributed by atoms with van der Waals surface area (Å²) in [6.45, 7) is 1.38. The van der Waals surface area contributed by atoms with Crippen molar-refractivity contribution in [2.75, 3.05) is 13.6 Å². The molecule has 0 fully saturated rings. The Morgan fingerprint density at radius 1 is 1.53 bits per heavy atom. The van der Waals surface area contributed by atoms with E-state index < -0.39 is 0 Å². The number of hydrogen-bond donors (Lipinski definition) is 2. The summed E-state index contributed by atoms with van der Waals surface area (Å²) >= 11 is 5.98. The fourth-order valence-corrected chi connectivity index (χ4v) is 1.81. The number of aromatic nitrogens is 2. The first-order chi connectivity index (χ1) is 7.24. The van der Waals surface area contributed by atoms with Crippen LogP contribution in [-0.2, 0) is 6.54 Å². The van der Waals surface area contributed by atoms with Crippen LogP contribution in [0.1, 0.15) is 0 Å². The van der Waals surface area contributed by atoms with Crippen molar-refractivity contribution in [3.63, 3.8) is 0 Å². The molecular weight excluding hydrogens is 214 g/mol. The normalized spacial score (nSPS) is 11.1. The summed E-state index contributed by atoms with van der Waals surface area (Å²) in [7, 11) is 1.85. The third-order valence-electron chi connectivity index (χ3n) is 2.34. The molecule has 0 bridgehead atoms. The third-order valence-corrected chi connectivity index (χ3v) is 2.66. The molecule has 2 aromatic rings. The lowest BCUT2D eigenvalue weighted by Crippen LogP contribution is -2.23. The molecule has 1 aromatic heterocycles. The number of imidazole rings is 1. The number of halogens is 1. The van der Waals surface area contributed by atoms with Gasteiger partial charge >= 0.3 is 5.69 Å². The minimum absolute atomic E-state index is 0.117. The van der Waals surface area contributed by atoms with E-state index in [1.165, 1.54) is 0 Å².